The summed E-state index contributed by atoms with van der Waals surface area (Å²) in [4.78, 5) is 35.8. The van der Waals surface area contributed by atoms with Crippen molar-refractivity contribution in [2.45, 2.75) is 6.54 Å². The van der Waals surface area contributed by atoms with Crippen LogP contribution >= 0.6 is 0 Å². The molecule has 0 unspecified atom stereocenters. The van der Waals surface area contributed by atoms with E-state index in [1.54, 1.807) is 18.2 Å². The zero-order chi connectivity index (χ0) is 16.6. The van der Waals surface area contributed by atoms with E-state index in [2.05, 4.69) is 5.32 Å². The van der Waals surface area contributed by atoms with Crippen LogP contribution in [0.4, 0.5) is 0 Å². The van der Waals surface area contributed by atoms with Crippen LogP contribution in [-0.2, 0) is 20.6 Å². The van der Waals surface area contributed by atoms with E-state index in [0.29, 0.717) is 11.5 Å². The van der Waals surface area contributed by atoms with E-state index in [1.807, 2.05) is 0 Å². The molecule has 0 radical (unpaired) electrons. The number of hydrogen-bond donors (Lipinski definition) is 1. The van der Waals surface area contributed by atoms with Gasteiger partial charge in [0, 0.05) is 26.8 Å². The molecule has 120 valence electrons. The van der Waals surface area contributed by atoms with Crippen LogP contribution in [-0.4, -0.2) is 21.8 Å². The Hall–Kier alpha value is -3.03. The number of amides is 1. The number of aromatic nitrogens is 2. The number of ether oxygens (including phenoxy) is 2. The molecule has 0 bridgehead atoms. The van der Waals surface area contributed by atoms with Gasteiger partial charge in [-0.1, -0.05) is 6.07 Å². The van der Waals surface area contributed by atoms with Gasteiger partial charge in [0.05, 0.1) is 0 Å². The quantitative estimate of drug-likeness (QED) is 0.842. The molecule has 0 fully saturated rings. The van der Waals surface area contributed by atoms with Crippen LogP contribution in [0.1, 0.15) is 15.9 Å². The topological polar surface area (TPSA) is 91.6 Å². The minimum atomic E-state index is -0.628. The van der Waals surface area contributed by atoms with Crippen molar-refractivity contribution in [2.24, 2.45) is 14.1 Å². The van der Waals surface area contributed by atoms with E-state index < -0.39 is 17.2 Å². The standard InChI is InChI=1S/C15H15N3O5/c1-17-7-10(14(20)18(2)15(17)21)13(19)16-6-9-3-4-11-12(5-9)23-8-22-11/h3-5,7H,6,8H2,1-2H3,(H,16,19). The second kappa shape index (κ2) is 5.64. The maximum atomic E-state index is 12.2. The lowest BCUT2D eigenvalue weighted by atomic mass is 10.2. The van der Waals surface area contributed by atoms with Gasteiger partial charge in [0.1, 0.15) is 5.56 Å². The van der Waals surface area contributed by atoms with Crippen LogP contribution in [0.3, 0.4) is 0 Å². The molecule has 1 aromatic carbocycles. The van der Waals surface area contributed by atoms with Crippen LogP contribution in [0, 0.1) is 0 Å². The van der Waals surface area contributed by atoms with Gasteiger partial charge in [0.15, 0.2) is 11.5 Å². The van der Waals surface area contributed by atoms with E-state index in [1.165, 1.54) is 24.9 Å². The molecule has 8 heteroatoms. The van der Waals surface area contributed by atoms with Gasteiger partial charge >= 0.3 is 5.69 Å². The summed E-state index contributed by atoms with van der Waals surface area (Å²) < 4.78 is 12.6. The second-order valence-electron chi connectivity index (χ2n) is 5.17. The molecule has 1 amide bonds. The number of rotatable bonds is 3. The zero-order valence-electron chi connectivity index (χ0n) is 12.7. The smallest absolute Gasteiger partial charge is 0.330 e. The highest BCUT2D eigenvalue weighted by molar-refractivity contribution is 5.93. The van der Waals surface area contributed by atoms with Crippen LogP contribution in [0.25, 0.3) is 0 Å². The van der Waals surface area contributed by atoms with Crippen molar-refractivity contribution in [3.8, 4) is 11.5 Å². The Kier molecular flexibility index (Phi) is 3.65. The first kappa shape index (κ1) is 14.9. The van der Waals surface area contributed by atoms with Gasteiger partial charge in [-0.3, -0.25) is 14.2 Å². The molecule has 0 aliphatic carbocycles. The fraction of sp³-hybridized carbons (Fsp3) is 0.267. The molecule has 8 nitrogen and oxygen atoms in total. The maximum absolute atomic E-state index is 12.2. The molecule has 0 saturated carbocycles. The summed E-state index contributed by atoms with van der Waals surface area (Å²) in [5.41, 5.74) is -0.391. The van der Waals surface area contributed by atoms with Gasteiger partial charge in [-0.25, -0.2) is 4.79 Å². The molecule has 0 spiro atoms. The lowest BCUT2D eigenvalue weighted by Gasteiger charge is -2.08. The Balaban J connectivity index is 1.78. The third-order valence-corrected chi connectivity index (χ3v) is 3.58. The van der Waals surface area contributed by atoms with Gasteiger partial charge in [0.2, 0.25) is 6.79 Å². The summed E-state index contributed by atoms with van der Waals surface area (Å²) in [5.74, 6) is 0.737. The lowest BCUT2D eigenvalue weighted by Crippen LogP contribution is -2.41. The number of benzene rings is 1. The van der Waals surface area contributed by atoms with Crippen LogP contribution in [0.5, 0.6) is 11.5 Å². The molecule has 23 heavy (non-hydrogen) atoms. The Bertz CT molecular complexity index is 897. The highest BCUT2D eigenvalue weighted by atomic mass is 16.7. The average Bonchev–Trinajstić information content (AvgIpc) is 3.01. The molecule has 2 aromatic rings. The number of nitrogens with one attached hydrogen (secondary N) is 1. The van der Waals surface area contributed by atoms with Gasteiger partial charge in [-0.05, 0) is 17.7 Å². The van der Waals surface area contributed by atoms with E-state index >= 15 is 0 Å². The third kappa shape index (κ3) is 2.70. The molecule has 1 N–H and O–H groups in total. The summed E-state index contributed by atoms with van der Waals surface area (Å²) in [7, 11) is 2.82. The van der Waals surface area contributed by atoms with Gasteiger partial charge < -0.3 is 19.4 Å². The first-order valence-corrected chi connectivity index (χ1v) is 6.91. The molecule has 2 heterocycles. The Morgan fingerprint density at radius 3 is 2.74 bits per heavy atom. The van der Waals surface area contributed by atoms with Gasteiger partial charge in [0.25, 0.3) is 11.5 Å². The number of nitrogens with zero attached hydrogens (tertiary/aromatic N) is 2. The second-order valence-corrected chi connectivity index (χ2v) is 5.17. The Morgan fingerprint density at radius 1 is 1.22 bits per heavy atom. The predicted molar refractivity (Wildman–Crippen MR) is 80.7 cm³/mol. The number of hydrogen-bond acceptors (Lipinski definition) is 5. The van der Waals surface area contributed by atoms with E-state index in [0.717, 1.165) is 10.1 Å². The number of fused-ring (bicyclic) bond motifs is 1. The first-order chi connectivity index (χ1) is 11.0. The maximum Gasteiger partial charge on any atom is 0.330 e. The molecular formula is C15H15N3O5. The van der Waals surface area contributed by atoms with Crippen molar-refractivity contribution in [1.29, 1.82) is 0 Å². The molecule has 3 rings (SSSR count). The van der Waals surface area contributed by atoms with Crippen molar-refractivity contribution in [1.82, 2.24) is 14.5 Å². The fourth-order valence-electron chi connectivity index (χ4n) is 2.29. The Morgan fingerprint density at radius 2 is 1.96 bits per heavy atom. The normalized spacial score (nSPS) is 12.3. The summed E-state index contributed by atoms with van der Waals surface area (Å²) in [6.45, 7) is 0.403. The van der Waals surface area contributed by atoms with E-state index in [9.17, 15) is 14.4 Å². The van der Waals surface area contributed by atoms with Gasteiger partial charge in [-0.15, -0.1) is 0 Å². The summed E-state index contributed by atoms with van der Waals surface area (Å²) >= 11 is 0. The first-order valence-electron chi connectivity index (χ1n) is 6.91. The van der Waals surface area contributed by atoms with Gasteiger partial charge in [-0.2, -0.15) is 0 Å². The largest absolute Gasteiger partial charge is 0.454 e. The highest BCUT2D eigenvalue weighted by Gasteiger charge is 2.16. The minimum Gasteiger partial charge on any atom is -0.454 e. The SMILES string of the molecule is Cn1cc(C(=O)NCc2ccc3c(c2)OCO3)c(=O)n(C)c1=O. The predicted octanol–water partition coefficient (Wildman–Crippen LogP) is -0.257. The average molecular weight is 317 g/mol. The molecule has 1 aromatic heterocycles. The lowest BCUT2D eigenvalue weighted by molar-refractivity contribution is 0.0947. The molecule has 0 atom stereocenters. The molecule has 1 aliphatic heterocycles. The summed E-state index contributed by atoms with van der Waals surface area (Å²) in [6, 6.07) is 5.32. The van der Waals surface area contributed by atoms with E-state index in [4.69, 9.17) is 9.47 Å². The van der Waals surface area contributed by atoms with Crippen molar-refractivity contribution < 1.29 is 14.3 Å². The molecule has 1 aliphatic rings. The van der Waals surface area contributed by atoms with Crippen molar-refractivity contribution >= 4 is 5.91 Å². The summed E-state index contributed by atoms with van der Waals surface area (Å²) in [5, 5.41) is 2.66. The monoisotopic (exact) mass is 317 g/mol. The molecular weight excluding hydrogens is 302 g/mol. The highest BCUT2D eigenvalue weighted by Crippen LogP contribution is 2.32. The van der Waals surface area contributed by atoms with Crippen molar-refractivity contribution in [3.63, 3.8) is 0 Å². The van der Waals surface area contributed by atoms with Crippen LogP contribution < -0.4 is 26.0 Å². The third-order valence-electron chi connectivity index (χ3n) is 3.58. The number of carbonyl (C=O) groups excluding carboxylic acids is 1. The zero-order valence-corrected chi connectivity index (χ0v) is 12.7. The number of aryl methyl sites for hydroxylation is 1. The van der Waals surface area contributed by atoms with Crippen LogP contribution in [0.2, 0.25) is 0 Å². The summed E-state index contributed by atoms with van der Waals surface area (Å²) in [6.07, 6.45) is 1.24. The van der Waals surface area contributed by atoms with E-state index in [-0.39, 0.29) is 18.9 Å². The minimum absolute atomic E-state index is 0.0876. The van der Waals surface area contributed by atoms with Crippen LogP contribution in [0.15, 0.2) is 34.0 Å². The van der Waals surface area contributed by atoms with Crippen molar-refractivity contribution in [2.75, 3.05) is 6.79 Å². The number of carbonyl (C=O) groups is 1. The van der Waals surface area contributed by atoms with Crippen molar-refractivity contribution in [3.05, 3.63) is 56.4 Å². The fourth-order valence-corrected chi connectivity index (χ4v) is 2.29. The molecule has 0 saturated heterocycles. The Labute approximate surface area is 130 Å².